The maximum absolute atomic E-state index is 13.3. The summed E-state index contributed by atoms with van der Waals surface area (Å²) in [5.74, 6) is 0.0425. The van der Waals surface area contributed by atoms with Crippen molar-refractivity contribution in [2.75, 3.05) is 55.9 Å². The number of fused-ring (bicyclic) bond motifs is 1. The van der Waals surface area contributed by atoms with Gasteiger partial charge in [-0.25, -0.2) is 9.97 Å². The SMILES string of the molecule is Cc1ccc2c(n1)C(C)(C)CN2c1ncnc(Nc2cc([N+](=O)[O-])c(N(C)CCN(C)C)cc2OC(F)F)n1. The number of nitro benzene ring substituents is 1. The summed E-state index contributed by atoms with van der Waals surface area (Å²) in [6.45, 7) is 4.49. The zero-order valence-electron chi connectivity index (χ0n) is 22.6. The summed E-state index contributed by atoms with van der Waals surface area (Å²) in [4.78, 5) is 34.4. The predicted molar refractivity (Wildman–Crippen MR) is 144 cm³/mol. The van der Waals surface area contributed by atoms with Gasteiger partial charge in [0.05, 0.1) is 22.0 Å². The van der Waals surface area contributed by atoms with Gasteiger partial charge in [-0.2, -0.15) is 13.8 Å². The summed E-state index contributed by atoms with van der Waals surface area (Å²) in [6.07, 6.45) is 1.28. The van der Waals surface area contributed by atoms with E-state index >= 15 is 0 Å². The van der Waals surface area contributed by atoms with Gasteiger partial charge in [0.1, 0.15) is 12.0 Å². The van der Waals surface area contributed by atoms with E-state index in [0.717, 1.165) is 23.1 Å². The van der Waals surface area contributed by atoms with Gasteiger partial charge < -0.3 is 24.8 Å². The van der Waals surface area contributed by atoms with Gasteiger partial charge in [-0.15, -0.1) is 0 Å². The first-order valence-corrected chi connectivity index (χ1v) is 12.2. The zero-order chi connectivity index (χ0) is 28.5. The van der Waals surface area contributed by atoms with Gasteiger partial charge in [-0.1, -0.05) is 13.8 Å². The summed E-state index contributed by atoms with van der Waals surface area (Å²) in [6, 6.07) is 6.21. The molecule has 0 amide bonds. The van der Waals surface area contributed by atoms with E-state index in [9.17, 15) is 18.9 Å². The molecule has 1 aromatic carbocycles. The largest absolute Gasteiger partial charge is 0.433 e. The van der Waals surface area contributed by atoms with Gasteiger partial charge in [0.2, 0.25) is 11.9 Å². The van der Waals surface area contributed by atoms with Crippen molar-refractivity contribution >= 4 is 34.6 Å². The number of rotatable bonds is 10. The minimum Gasteiger partial charge on any atom is -0.433 e. The van der Waals surface area contributed by atoms with Gasteiger partial charge >= 0.3 is 6.61 Å². The topological polar surface area (TPSA) is 126 Å². The molecule has 0 atom stereocenters. The second-order valence-electron chi connectivity index (χ2n) is 10.2. The number of halogens is 2. The number of hydrogen-bond acceptors (Lipinski definition) is 11. The summed E-state index contributed by atoms with van der Waals surface area (Å²) >= 11 is 0. The first kappa shape index (κ1) is 27.8. The molecule has 14 heteroatoms. The Morgan fingerprint density at radius 3 is 2.59 bits per heavy atom. The van der Waals surface area contributed by atoms with Crippen LogP contribution < -0.4 is 19.9 Å². The fourth-order valence-electron chi connectivity index (χ4n) is 4.37. The number of nitro groups is 1. The number of pyridine rings is 1. The summed E-state index contributed by atoms with van der Waals surface area (Å²) in [7, 11) is 5.38. The predicted octanol–water partition coefficient (Wildman–Crippen LogP) is 4.26. The van der Waals surface area contributed by atoms with Crippen LogP contribution in [0.5, 0.6) is 5.75 Å². The molecule has 1 aliphatic heterocycles. The molecule has 1 aliphatic rings. The molecule has 0 spiro atoms. The van der Waals surface area contributed by atoms with Crippen LogP contribution in [0.2, 0.25) is 0 Å². The number of likely N-dealkylation sites (N-methyl/N-ethyl adjacent to an activating group) is 2. The third-order valence-corrected chi connectivity index (χ3v) is 6.33. The maximum atomic E-state index is 13.3. The fraction of sp³-hybridized carbons (Fsp3) is 0.440. The van der Waals surface area contributed by atoms with Crippen LogP contribution in [0, 0.1) is 17.0 Å². The molecule has 0 fully saturated rings. The van der Waals surface area contributed by atoms with Gasteiger partial charge in [0.15, 0.2) is 5.75 Å². The molecule has 3 heterocycles. The molecule has 39 heavy (non-hydrogen) atoms. The highest BCUT2D eigenvalue weighted by atomic mass is 19.3. The van der Waals surface area contributed by atoms with Crippen molar-refractivity contribution < 1.29 is 18.4 Å². The summed E-state index contributed by atoms with van der Waals surface area (Å²) < 4.78 is 31.4. The Bertz CT molecular complexity index is 1370. The van der Waals surface area contributed by atoms with Gasteiger partial charge in [0.25, 0.3) is 5.69 Å². The van der Waals surface area contributed by atoms with E-state index in [1.165, 1.54) is 12.4 Å². The second kappa shape index (κ2) is 10.9. The van der Waals surface area contributed by atoms with Crippen LogP contribution in [0.25, 0.3) is 0 Å². The molecule has 0 saturated carbocycles. The van der Waals surface area contributed by atoms with Crippen LogP contribution in [0.1, 0.15) is 25.2 Å². The Balaban J connectivity index is 1.70. The van der Waals surface area contributed by atoms with Crippen LogP contribution in [-0.2, 0) is 5.41 Å². The molecule has 4 rings (SSSR count). The number of nitrogens with zero attached hydrogens (tertiary/aromatic N) is 8. The van der Waals surface area contributed by atoms with Crippen LogP contribution in [0.15, 0.2) is 30.6 Å². The highest BCUT2D eigenvalue weighted by Crippen LogP contribution is 2.43. The van der Waals surface area contributed by atoms with Crippen LogP contribution in [0.3, 0.4) is 0 Å². The Labute approximate surface area is 224 Å². The molecule has 12 nitrogen and oxygen atoms in total. The van der Waals surface area contributed by atoms with E-state index in [0.29, 0.717) is 25.6 Å². The first-order valence-electron chi connectivity index (χ1n) is 12.2. The third-order valence-electron chi connectivity index (χ3n) is 6.33. The lowest BCUT2D eigenvalue weighted by atomic mass is 9.91. The first-order chi connectivity index (χ1) is 18.4. The second-order valence-corrected chi connectivity index (χ2v) is 10.2. The molecule has 0 radical (unpaired) electrons. The smallest absolute Gasteiger partial charge is 0.387 e. The van der Waals surface area contributed by atoms with E-state index in [-0.39, 0.29) is 34.2 Å². The Hall–Kier alpha value is -4.20. The lowest BCUT2D eigenvalue weighted by molar-refractivity contribution is -0.384. The quantitative estimate of drug-likeness (QED) is 0.291. The van der Waals surface area contributed by atoms with Crippen molar-refractivity contribution in [1.82, 2.24) is 24.8 Å². The molecule has 3 aromatic rings. The number of aryl methyl sites for hydroxylation is 1. The van der Waals surface area contributed by atoms with Crippen molar-refractivity contribution in [3.8, 4) is 5.75 Å². The molecule has 0 saturated heterocycles. The standard InChI is InChI=1S/C25H31F2N9O3/c1-15-7-8-17-21(30-15)25(2,3)13-35(17)24-29-14-28-23(32-24)31-16-11-19(36(37)38)18(12-20(16)39-22(26)27)34(6)10-9-33(4)5/h7-8,11-12,14,22H,9-10,13H2,1-6H3,(H,28,29,31,32). The number of benzene rings is 1. The van der Waals surface area contributed by atoms with Crippen molar-refractivity contribution in [3.63, 3.8) is 0 Å². The Kier molecular flexibility index (Phi) is 7.77. The van der Waals surface area contributed by atoms with Crippen LogP contribution in [0.4, 0.5) is 43.4 Å². The molecular formula is C25H31F2N9O3. The number of hydrogen-bond donors (Lipinski definition) is 1. The fourth-order valence-corrected chi connectivity index (χ4v) is 4.37. The van der Waals surface area contributed by atoms with Crippen molar-refractivity contribution in [2.45, 2.75) is 32.8 Å². The molecule has 1 N–H and O–H groups in total. The number of nitrogens with one attached hydrogen (secondary N) is 1. The van der Waals surface area contributed by atoms with Crippen molar-refractivity contribution in [3.05, 3.63) is 52.1 Å². The van der Waals surface area contributed by atoms with E-state index in [1.54, 1.807) is 11.9 Å². The molecule has 2 aromatic heterocycles. The zero-order valence-corrected chi connectivity index (χ0v) is 22.6. The Morgan fingerprint density at radius 1 is 1.18 bits per heavy atom. The molecule has 0 unspecified atom stereocenters. The third kappa shape index (κ3) is 6.11. The molecule has 0 aliphatic carbocycles. The normalized spacial score (nSPS) is 14.1. The monoisotopic (exact) mass is 543 g/mol. The van der Waals surface area contributed by atoms with E-state index in [4.69, 9.17) is 9.72 Å². The van der Waals surface area contributed by atoms with Crippen LogP contribution in [-0.4, -0.2) is 77.1 Å². The van der Waals surface area contributed by atoms with Gasteiger partial charge in [0, 0.05) is 49.9 Å². The molecule has 0 bridgehead atoms. The van der Waals surface area contributed by atoms with Crippen molar-refractivity contribution in [2.24, 2.45) is 0 Å². The number of alkyl halides is 2. The highest BCUT2D eigenvalue weighted by Gasteiger charge is 2.38. The Morgan fingerprint density at radius 2 is 1.92 bits per heavy atom. The number of anilines is 5. The molecule has 208 valence electrons. The van der Waals surface area contributed by atoms with Gasteiger partial charge in [-0.3, -0.25) is 15.1 Å². The molecular weight excluding hydrogens is 512 g/mol. The highest BCUT2D eigenvalue weighted by molar-refractivity contribution is 5.77. The lowest BCUT2D eigenvalue weighted by Gasteiger charge is -2.23. The van der Waals surface area contributed by atoms with Gasteiger partial charge in [-0.05, 0) is 33.2 Å². The van der Waals surface area contributed by atoms with E-state index in [2.05, 4.69) is 34.1 Å². The summed E-state index contributed by atoms with van der Waals surface area (Å²) in [5.41, 5.74) is 2.16. The van der Waals surface area contributed by atoms with E-state index < -0.39 is 11.5 Å². The summed E-state index contributed by atoms with van der Waals surface area (Å²) in [5, 5.41) is 14.7. The lowest BCUT2D eigenvalue weighted by Crippen LogP contribution is -2.29. The average molecular weight is 544 g/mol. The number of aromatic nitrogens is 4. The minimum atomic E-state index is -3.15. The number of ether oxygens (including phenoxy) is 1. The van der Waals surface area contributed by atoms with Crippen molar-refractivity contribution in [1.29, 1.82) is 0 Å². The minimum absolute atomic E-state index is 0.00783. The average Bonchev–Trinajstić information content (AvgIpc) is 3.13. The maximum Gasteiger partial charge on any atom is 0.387 e. The van der Waals surface area contributed by atoms with Crippen LogP contribution >= 0.6 is 0 Å². The van der Waals surface area contributed by atoms with E-state index in [1.807, 2.05) is 43.0 Å².